The van der Waals surface area contributed by atoms with Gasteiger partial charge in [0.05, 0.1) is 30.9 Å². The van der Waals surface area contributed by atoms with Crippen LogP contribution in [0.3, 0.4) is 0 Å². The monoisotopic (exact) mass is 323 g/mol. The SMILES string of the molecule is O=C(O)Cc1cc(Cl)cc(N2CCOCC2)c1C(F)(F)F. The van der Waals surface area contributed by atoms with E-state index in [-0.39, 0.29) is 16.3 Å². The number of alkyl halides is 3. The van der Waals surface area contributed by atoms with Gasteiger partial charge in [-0.3, -0.25) is 4.79 Å². The molecule has 0 saturated carbocycles. The van der Waals surface area contributed by atoms with E-state index in [1.54, 1.807) is 0 Å². The van der Waals surface area contributed by atoms with Gasteiger partial charge in [-0.1, -0.05) is 11.6 Å². The molecule has 1 aliphatic heterocycles. The van der Waals surface area contributed by atoms with Gasteiger partial charge >= 0.3 is 12.1 Å². The van der Waals surface area contributed by atoms with Crippen molar-refractivity contribution in [1.82, 2.24) is 0 Å². The van der Waals surface area contributed by atoms with E-state index in [1.165, 1.54) is 11.0 Å². The highest BCUT2D eigenvalue weighted by Crippen LogP contribution is 2.41. The summed E-state index contributed by atoms with van der Waals surface area (Å²) in [5.41, 5.74) is -1.35. The maximum Gasteiger partial charge on any atom is 0.418 e. The molecular weight excluding hydrogens is 311 g/mol. The Labute approximate surface area is 124 Å². The van der Waals surface area contributed by atoms with Crippen molar-refractivity contribution in [2.45, 2.75) is 12.6 Å². The number of nitrogens with zero attached hydrogens (tertiary/aromatic N) is 1. The summed E-state index contributed by atoms with van der Waals surface area (Å²) in [6.45, 7) is 1.24. The molecule has 1 heterocycles. The van der Waals surface area contributed by atoms with Crippen LogP contribution in [0.5, 0.6) is 0 Å². The predicted octanol–water partition coefficient (Wildman–Crippen LogP) is 2.82. The van der Waals surface area contributed by atoms with Gasteiger partial charge in [0, 0.05) is 18.1 Å². The zero-order chi connectivity index (χ0) is 15.6. The van der Waals surface area contributed by atoms with Gasteiger partial charge in [0.15, 0.2) is 0 Å². The maximum atomic E-state index is 13.4. The topological polar surface area (TPSA) is 49.8 Å². The summed E-state index contributed by atoms with van der Waals surface area (Å²) in [5.74, 6) is -1.34. The number of hydrogen-bond acceptors (Lipinski definition) is 3. The van der Waals surface area contributed by atoms with Crippen molar-refractivity contribution < 1.29 is 27.8 Å². The number of halogens is 4. The third-order valence-electron chi connectivity index (χ3n) is 3.14. The summed E-state index contributed by atoms with van der Waals surface area (Å²) < 4.78 is 45.2. The van der Waals surface area contributed by atoms with Crippen LogP contribution in [0.2, 0.25) is 5.02 Å². The average molecular weight is 324 g/mol. The Bertz CT molecular complexity index is 542. The Morgan fingerprint density at radius 1 is 1.33 bits per heavy atom. The lowest BCUT2D eigenvalue weighted by molar-refractivity contribution is -0.139. The van der Waals surface area contributed by atoms with Gasteiger partial charge in [-0.05, 0) is 17.7 Å². The van der Waals surface area contributed by atoms with Crippen molar-refractivity contribution >= 4 is 23.3 Å². The number of rotatable bonds is 3. The second-order valence-corrected chi connectivity index (χ2v) is 5.06. The average Bonchev–Trinajstić information content (AvgIpc) is 2.36. The van der Waals surface area contributed by atoms with Gasteiger partial charge in [0.2, 0.25) is 0 Å². The molecule has 0 unspecified atom stereocenters. The summed E-state index contributed by atoms with van der Waals surface area (Å²) in [4.78, 5) is 12.3. The Hall–Kier alpha value is -1.47. The lowest BCUT2D eigenvalue weighted by Gasteiger charge is -2.32. The minimum atomic E-state index is -4.65. The van der Waals surface area contributed by atoms with Gasteiger partial charge in [-0.25, -0.2) is 0 Å². The van der Waals surface area contributed by atoms with Gasteiger partial charge < -0.3 is 14.7 Å². The summed E-state index contributed by atoms with van der Waals surface area (Å²) >= 11 is 5.86. The Kier molecular flexibility index (Phi) is 4.63. The smallest absolute Gasteiger partial charge is 0.418 e. The Morgan fingerprint density at radius 3 is 2.48 bits per heavy atom. The molecule has 1 aliphatic rings. The molecule has 0 aromatic heterocycles. The van der Waals surface area contributed by atoms with Gasteiger partial charge in [-0.2, -0.15) is 13.2 Å². The molecule has 4 nitrogen and oxygen atoms in total. The van der Waals surface area contributed by atoms with Crippen molar-refractivity contribution in [1.29, 1.82) is 0 Å². The lowest BCUT2D eigenvalue weighted by Crippen LogP contribution is -2.37. The molecule has 1 fully saturated rings. The molecular formula is C13H13ClF3NO3. The number of carboxylic acids is 1. The first-order valence-corrected chi connectivity index (χ1v) is 6.61. The van der Waals surface area contributed by atoms with Gasteiger partial charge in [-0.15, -0.1) is 0 Å². The number of aliphatic carboxylic acids is 1. The fourth-order valence-electron chi connectivity index (χ4n) is 2.33. The zero-order valence-corrected chi connectivity index (χ0v) is 11.7. The molecule has 0 spiro atoms. The second kappa shape index (κ2) is 6.11. The first-order chi connectivity index (χ1) is 9.79. The fraction of sp³-hybridized carbons (Fsp3) is 0.462. The number of ether oxygens (including phenoxy) is 1. The number of benzene rings is 1. The number of morpholine rings is 1. The van der Waals surface area contributed by atoms with Crippen LogP contribution in [-0.4, -0.2) is 37.4 Å². The van der Waals surface area contributed by atoms with Crippen LogP contribution in [0.4, 0.5) is 18.9 Å². The molecule has 1 aromatic carbocycles. The number of hydrogen-bond donors (Lipinski definition) is 1. The van der Waals surface area contributed by atoms with E-state index in [2.05, 4.69) is 0 Å². The maximum absolute atomic E-state index is 13.4. The summed E-state index contributed by atoms with van der Waals surface area (Å²) in [5, 5.41) is 8.89. The highest BCUT2D eigenvalue weighted by molar-refractivity contribution is 6.31. The quantitative estimate of drug-likeness (QED) is 0.929. The molecule has 1 saturated heterocycles. The van der Waals surface area contributed by atoms with E-state index in [4.69, 9.17) is 21.4 Å². The van der Waals surface area contributed by atoms with Crippen LogP contribution >= 0.6 is 11.6 Å². The molecule has 21 heavy (non-hydrogen) atoms. The summed E-state index contributed by atoms with van der Waals surface area (Å²) in [7, 11) is 0. The summed E-state index contributed by atoms with van der Waals surface area (Å²) in [6.07, 6.45) is -5.38. The van der Waals surface area contributed by atoms with E-state index in [0.717, 1.165) is 6.07 Å². The molecule has 2 rings (SSSR count). The first-order valence-electron chi connectivity index (χ1n) is 6.23. The molecule has 116 valence electrons. The Balaban J connectivity index is 2.55. The second-order valence-electron chi connectivity index (χ2n) is 4.63. The van der Waals surface area contributed by atoms with Crippen LogP contribution in [-0.2, 0) is 22.1 Å². The third kappa shape index (κ3) is 3.79. The zero-order valence-electron chi connectivity index (χ0n) is 10.9. The van der Waals surface area contributed by atoms with Gasteiger partial charge in [0.1, 0.15) is 0 Å². The summed E-state index contributed by atoms with van der Waals surface area (Å²) in [6, 6.07) is 2.28. The molecule has 0 aliphatic carbocycles. The minimum Gasteiger partial charge on any atom is -0.481 e. The van der Waals surface area contributed by atoms with Crippen molar-refractivity contribution in [3.8, 4) is 0 Å². The van der Waals surface area contributed by atoms with Crippen LogP contribution in [0.1, 0.15) is 11.1 Å². The van der Waals surface area contributed by atoms with E-state index < -0.39 is 24.1 Å². The van der Waals surface area contributed by atoms with E-state index in [9.17, 15) is 18.0 Å². The van der Waals surface area contributed by atoms with E-state index in [1.807, 2.05) is 0 Å². The highest BCUT2D eigenvalue weighted by atomic mass is 35.5. The standard InChI is InChI=1S/C13H13ClF3NO3/c14-9-5-8(6-11(19)20)12(13(15,16)17)10(7-9)18-1-3-21-4-2-18/h5,7H,1-4,6H2,(H,19,20). The molecule has 0 amide bonds. The third-order valence-corrected chi connectivity index (χ3v) is 3.36. The normalized spacial score (nSPS) is 16.1. The van der Waals surface area contributed by atoms with E-state index in [0.29, 0.717) is 26.3 Å². The molecule has 8 heteroatoms. The largest absolute Gasteiger partial charge is 0.481 e. The lowest BCUT2D eigenvalue weighted by atomic mass is 10.0. The number of carboxylic acid groups (broad SMARTS) is 1. The van der Waals surface area contributed by atoms with Crippen molar-refractivity contribution in [2.75, 3.05) is 31.2 Å². The number of anilines is 1. The van der Waals surface area contributed by atoms with Crippen LogP contribution in [0.15, 0.2) is 12.1 Å². The number of carbonyl (C=O) groups is 1. The molecule has 1 aromatic rings. The molecule has 1 N–H and O–H groups in total. The fourth-order valence-corrected chi connectivity index (χ4v) is 2.57. The van der Waals surface area contributed by atoms with Crippen molar-refractivity contribution in [2.24, 2.45) is 0 Å². The van der Waals surface area contributed by atoms with Crippen molar-refractivity contribution in [3.63, 3.8) is 0 Å². The predicted molar refractivity (Wildman–Crippen MR) is 70.8 cm³/mol. The van der Waals surface area contributed by atoms with Crippen molar-refractivity contribution in [3.05, 3.63) is 28.3 Å². The first kappa shape index (κ1) is 15.9. The highest BCUT2D eigenvalue weighted by Gasteiger charge is 2.38. The van der Waals surface area contributed by atoms with Crippen LogP contribution in [0.25, 0.3) is 0 Å². The molecule has 0 radical (unpaired) electrons. The van der Waals surface area contributed by atoms with Gasteiger partial charge in [0.25, 0.3) is 0 Å². The Morgan fingerprint density at radius 2 is 1.95 bits per heavy atom. The molecule has 0 atom stereocenters. The van der Waals surface area contributed by atoms with Crippen LogP contribution < -0.4 is 4.90 Å². The van der Waals surface area contributed by atoms with E-state index >= 15 is 0 Å². The van der Waals surface area contributed by atoms with Crippen LogP contribution in [0, 0.1) is 0 Å². The molecule has 0 bridgehead atoms. The minimum absolute atomic E-state index is 0.0840.